The van der Waals surface area contributed by atoms with E-state index in [2.05, 4.69) is 44.6 Å². The Balaban J connectivity index is 1.46. The molecule has 9 nitrogen and oxygen atoms in total. The Morgan fingerprint density at radius 3 is 2.56 bits per heavy atom. The fraction of sp³-hybridized carbons (Fsp3) is 0.520. The number of sulfone groups is 1. The number of aryl methyl sites for hydroxylation is 1. The summed E-state index contributed by atoms with van der Waals surface area (Å²) in [6.45, 7) is 6.34. The fourth-order valence-corrected chi connectivity index (χ4v) is 6.41. The molecule has 5 heterocycles. The Labute approximate surface area is 217 Å². The number of pyridine rings is 2. The number of fused-ring (bicyclic) bond motifs is 3. The number of rotatable bonds is 7. The molecular formula is C25H33N7O2S2. The van der Waals surface area contributed by atoms with E-state index in [0.717, 1.165) is 42.8 Å². The van der Waals surface area contributed by atoms with Gasteiger partial charge in [-0.25, -0.2) is 13.4 Å². The number of H-pyrrole nitrogens is 1. The van der Waals surface area contributed by atoms with Crippen LogP contribution in [0.1, 0.15) is 51.6 Å². The average molecular weight is 528 g/mol. The van der Waals surface area contributed by atoms with Crippen molar-refractivity contribution in [2.75, 3.05) is 16.9 Å². The standard InChI is InChI=1S/C25H33N7O2S2/c1-5-14(2)25(35)32-17-6-7-18(32)10-16(9-17)27-24-20-11-19(36(4,33)34)13-26-21(20)12-22(29-24)28-23-8-15(3)30-31-23/h8,11-14,16-18H,5-7,9-10H2,1-4H3,(H3,27,28,29,30,31)/t14?,16?,17-,18+. The maximum atomic E-state index is 12.2. The van der Waals surface area contributed by atoms with Gasteiger partial charge in [-0.3, -0.25) is 10.1 Å². The molecule has 0 amide bonds. The second kappa shape index (κ2) is 9.59. The van der Waals surface area contributed by atoms with Crippen molar-refractivity contribution < 1.29 is 8.42 Å². The lowest BCUT2D eigenvalue weighted by Gasteiger charge is -2.42. The van der Waals surface area contributed by atoms with E-state index in [-0.39, 0.29) is 10.9 Å². The van der Waals surface area contributed by atoms with Crippen LogP contribution in [0.4, 0.5) is 17.5 Å². The molecule has 2 aliphatic heterocycles. The topological polar surface area (TPSA) is 116 Å². The van der Waals surface area contributed by atoms with E-state index in [4.69, 9.17) is 17.2 Å². The molecule has 5 rings (SSSR count). The van der Waals surface area contributed by atoms with E-state index >= 15 is 0 Å². The number of nitrogens with one attached hydrogen (secondary N) is 3. The van der Waals surface area contributed by atoms with E-state index in [1.165, 1.54) is 12.5 Å². The van der Waals surface area contributed by atoms with Gasteiger partial charge in [0, 0.05) is 59.7 Å². The summed E-state index contributed by atoms with van der Waals surface area (Å²) >= 11 is 5.86. The number of aromatic nitrogens is 4. The molecule has 11 heteroatoms. The molecule has 0 saturated carbocycles. The number of aromatic amines is 1. The Kier molecular flexibility index (Phi) is 6.63. The molecule has 36 heavy (non-hydrogen) atoms. The van der Waals surface area contributed by atoms with E-state index < -0.39 is 9.84 Å². The van der Waals surface area contributed by atoms with Gasteiger partial charge >= 0.3 is 0 Å². The minimum absolute atomic E-state index is 0.178. The molecule has 2 aliphatic rings. The Hall–Kier alpha value is -2.79. The summed E-state index contributed by atoms with van der Waals surface area (Å²) in [6.07, 6.45) is 7.87. The summed E-state index contributed by atoms with van der Waals surface area (Å²) in [5, 5.41) is 14.7. The maximum Gasteiger partial charge on any atom is 0.177 e. The maximum absolute atomic E-state index is 12.2. The molecule has 3 aromatic heterocycles. The van der Waals surface area contributed by atoms with Gasteiger partial charge in [0.2, 0.25) is 0 Å². The van der Waals surface area contributed by atoms with Crippen LogP contribution < -0.4 is 10.6 Å². The van der Waals surface area contributed by atoms with E-state index in [9.17, 15) is 8.42 Å². The molecule has 0 radical (unpaired) electrons. The van der Waals surface area contributed by atoms with Gasteiger partial charge in [0.15, 0.2) is 15.7 Å². The molecule has 192 valence electrons. The fourth-order valence-electron chi connectivity index (χ4n) is 5.37. The van der Waals surface area contributed by atoms with Crippen LogP contribution in [0, 0.1) is 12.8 Å². The first-order valence-electron chi connectivity index (χ1n) is 12.5. The summed E-state index contributed by atoms with van der Waals surface area (Å²) < 4.78 is 24.5. The molecule has 0 spiro atoms. The molecule has 2 fully saturated rings. The molecular weight excluding hydrogens is 494 g/mol. The van der Waals surface area contributed by atoms with Crippen molar-refractivity contribution in [2.45, 2.75) is 75.9 Å². The number of thiocarbonyl (C=S) groups is 1. The predicted octanol–water partition coefficient (Wildman–Crippen LogP) is 4.59. The zero-order chi connectivity index (χ0) is 25.6. The highest BCUT2D eigenvalue weighted by Gasteiger charge is 2.42. The SMILES string of the molecule is CCC(C)C(=S)N1[C@@H]2CC[C@H]1CC(Nc1nc(Nc3cc(C)[nH]n3)cc3ncc(S(C)(=O)=O)cc13)C2. The molecule has 0 aliphatic carbocycles. The van der Waals surface area contributed by atoms with Gasteiger partial charge < -0.3 is 15.5 Å². The van der Waals surface area contributed by atoms with Crippen LogP contribution in [0.25, 0.3) is 10.9 Å². The Morgan fingerprint density at radius 1 is 1.22 bits per heavy atom. The highest BCUT2D eigenvalue weighted by molar-refractivity contribution is 7.90. The average Bonchev–Trinajstić information content (AvgIpc) is 3.36. The lowest BCUT2D eigenvalue weighted by Crippen LogP contribution is -2.50. The van der Waals surface area contributed by atoms with Gasteiger partial charge in [-0.1, -0.05) is 26.1 Å². The van der Waals surface area contributed by atoms with Crippen LogP contribution in [-0.4, -0.2) is 62.9 Å². The van der Waals surface area contributed by atoms with Crippen LogP contribution in [0.15, 0.2) is 29.3 Å². The van der Waals surface area contributed by atoms with Crippen LogP contribution in [0.3, 0.4) is 0 Å². The van der Waals surface area contributed by atoms with Gasteiger partial charge in [0.25, 0.3) is 0 Å². The lowest BCUT2D eigenvalue weighted by molar-refractivity contribution is 0.218. The van der Waals surface area contributed by atoms with Crippen molar-refractivity contribution in [3.8, 4) is 0 Å². The third-order valence-corrected chi connectivity index (χ3v) is 9.10. The Bertz CT molecular complexity index is 1390. The van der Waals surface area contributed by atoms with E-state index in [1.807, 2.05) is 19.1 Å². The van der Waals surface area contributed by atoms with Crippen molar-refractivity contribution in [3.05, 3.63) is 30.1 Å². The molecule has 2 saturated heterocycles. The zero-order valence-corrected chi connectivity index (χ0v) is 22.7. The van der Waals surface area contributed by atoms with Gasteiger partial charge in [-0.15, -0.1) is 0 Å². The number of nitrogens with zero attached hydrogens (tertiary/aromatic N) is 4. The van der Waals surface area contributed by atoms with Crippen LogP contribution in [-0.2, 0) is 9.84 Å². The third-order valence-electron chi connectivity index (χ3n) is 7.41. The summed E-state index contributed by atoms with van der Waals surface area (Å²) in [7, 11) is -3.40. The van der Waals surface area contributed by atoms with Gasteiger partial charge in [0.05, 0.1) is 15.4 Å². The van der Waals surface area contributed by atoms with Gasteiger partial charge in [-0.2, -0.15) is 5.10 Å². The highest BCUT2D eigenvalue weighted by Crippen LogP contribution is 2.39. The molecule has 0 aromatic carbocycles. The number of piperidine rings is 1. The normalized spacial score (nSPS) is 22.6. The van der Waals surface area contributed by atoms with E-state index in [0.29, 0.717) is 46.4 Å². The predicted molar refractivity (Wildman–Crippen MR) is 147 cm³/mol. The minimum Gasteiger partial charge on any atom is -0.367 e. The molecule has 3 aromatic rings. The smallest absolute Gasteiger partial charge is 0.177 e. The lowest BCUT2D eigenvalue weighted by atomic mass is 9.95. The zero-order valence-electron chi connectivity index (χ0n) is 21.1. The quantitative estimate of drug-likeness (QED) is 0.379. The highest BCUT2D eigenvalue weighted by atomic mass is 32.2. The summed E-state index contributed by atoms with van der Waals surface area (Å²) in [5.41, 5.74) is 1.60. The summed E-state index contributed by atoms with van der Waals surface area (Å²) in [6, 6.07) is 6.43. The molecule has 4 atom stereocenters. The van der Waals surface area contributed by atoms with Crippen molar-refractivity contribution in [1.29, 1.82) is 0 Å². The first kappa shape index (κ1) is 24.9. The van der Waals surface area contributed by atoms with Crippen LogP contribution >= 0.6 is 12.2 Å². The van der Waals surface area contributed by atoms with Gasteiger partial charge in [-0.05, 0) is 45.1 Å². The number of hydrogen-bond acceptors (Lipinski definition) is 8. The number of anilines is 3. The second-order valence-corrected chi connectivity index (χ2v) is 12.6. The van der Waals surface area contributed by atoms with Crippen molar-refractivity contribution in [3.63, 3.8) is 0 Å². The summed E-state index contributed by atoms with van der Waals surface area (Å²) in [4.78, 5) is 13.1. The second-order valence-electron chi connectivity index (χ2n) is 10.2. The Morgan fingerprint density at radius 2 is 1.94 bits per heavy atom. The van der Waals surface area contributed by atoms with Crippen molar-refractivity contribution >= 4 is 55.4 Å². The first-order valence-corrected chi connectivity index (χ1v) is 14.8. The monoisotopic (exact) mass is 527 g/mol. The summed E-state index contributed by atoms with van der Waals surface area (Å²) in [5.74, 6) is 2.28. The molecule has 3 N–H and O–H groups in total. The van der Waals surface area contributed by atoms with Crippen molar-refractivity contribution in [2.24, 2.45) is 5.92 Å². The molecule has 2 bridgehead atoms. The first-order chi connectivity index (χ1) is 17.1. The van der Waals surface area contributed by atoms with Crippen molar-refractivity contribution in [1.82, 2.24) is 25.1 Å². The van der Waals surface area contributed by atoms with Gasteiger partial charge in [0.1, 0.15) is 11.6 Å². The van der Waals surface area contributed by atoms with Crippen LogP contribution in [0.5, 0.6) is 0 Å². The van der Waals surface area contributed by atoms with Crippen LogP contribution in [0.2, 0.25) is 0 Å². The largest absolute Gasteiger partial charge is 0.367 e. The van der Waals surface area contributed by atoms with E-state index in [1.54, 1.807) is 6.07 Å². The third kappa shape index (κ3) is 4.90. The number of hydrogen-bond donors (Lipinski definition) is 3. The molecule has 2 unspecified atom stereocenters. The minimum atomic E-state index is -3.40.